The smallest absolute Gasteiger partial charge is 0.178 e. The second-order valence-corrected chi connectivity index (χ2v) is 12.0. The molecule has 0 bridgehead atoms. The predicted octanol–water partition coefficient (Wildman–Crippen LogP) is 5.23. The van der Waals surface area contributed by atoms with Crippen LogP contribution in [0, 0.1) is 19.3 Å². The Morgan fingerprint density at radius 1 is 0.840 bits per heavy atom. The van der Waals surface area contributed by atoms with E-state index in [9.17, 15) is 4.79 Å². The molecule has 0 unspecified atom stereocenters. The van der Waals surface area contributed by atoms with Crippen molar-refractivity contribution in [1.82, 2.24) is 0 Å². The minimum atomic E-state index is -2.49. The predicted molar refractivity (Wildman–Crippen MR) is 112 cm³/mol. The Bertz CT molecular complexity index is 749. The lowest BCUT2D eigenvalue weighted by Gasteiger charge is -2.37. The van der Waals surface area contributed by atoms with E-state index in [0.717, 1.165) is 36.3 Å². The number of hydrogen-bond acceptors (Lipinski definition) is 2. The van der Waals surface area contributed by atoms with Crippen molar-refractivity contribution in [1.29, 1.82) is 0 Å². The largest absolute Gasteiger partial charge is 0.292 e. The van der Waals surface area contributed by atoms with Crippen LogP contribution in [0.15, 0.2) is 48.5 Å². The normalized spacial score (nSPS) is 17.2. The van der Waals surface area contributed by atoms with E-state index in [1.54, 1.807) is 0 Å². The average molecular weight is 370 g/mol. The third kappa shape index (κ3) is 3.52. The fraction of sp³-hybridized carbons (Fsp3) is 0.409. The van der Waals surface area contributed by atoms with Gasteiger partial charge in [-0.05, 0) is 37.3 Å². The van der Waals surface area contributed by atoms with Crippen LogP contribution >= 0.6 is 6.04 Å². The molecule has 0 atom stereocenters. The third-order valence-corrected chi connectivity index (χ3v) is 10.5. The molecule has 0 aliphatic heterocycles. The molecule has 25 heavy (non-hydrogen) atoms. The molecule has 2 aromatic rings. The highest BCUT2D eigenvalue weighted by atomic mass is 32.4. The maximum Gasteiger partial charge on any atom is 0.178 e. The van der Waals surface area contributed by atoms with E-state index in [2.05, 4.69) is 69.3 Å². The summed E-state index contributed by atoms with van der Waals surface area (Å²) in [6.07, 6.45) is 5.46. The van der Waals surface area contributed by atoms with Crippen molar-refractivity contribution in [2.24, 2.45) is 5.41 Å². The fourth-order valence-corrected chi connectivity index (χ4v) is 8.10. The molecule has 1 aliphatic rings. The number of carbonyl (C=O) groups excluding carboxylic acids is 1. The molecule has 0 N–H and O–H groups in total. The first-order chi connectivity index (χ1) is 11.9. The highest BCUT2D eigenvalue weighted by Gasteiger charge is 2.43. The Morgan fingerprint density at radius 2 is 1.24 bits per heavy atom. The van der Waals surface area contributed by atoms with Crippen LogP contribution in [0.3, 0.4) is 0 Å². The molecule has 1 nitrogen and oxygen atoms in total. The molecule has 1 fully saturated rings. The van der Waals surface area contributed by atoms with Crippen molar-refractivity contribution in [3.8, 4) is 0 Å². The van der Waals surface area contributed by atoms with Gasteiger partial charge in [0.25, 0.3) is 0 Å². The SMILES string of the molecule is Cc1ccc(P(=S)(C(=O)C2(C)CCCCC2)c2ccc(C)cc2)cc1. The summed E-state index contributed by atoms with van der Waals surface area (Å²) in [6.45, 7) is 6.30. The van der Waals surface area contributed by atoms with Gasteiger partial charge in [0.1, 0.15) is 0 Å². The first kappa shape index (κ1) is 18.5. The summed E-state index contributed by atoms with van der Waals surface area (Å²) in [7, 11) is 0. The van der Waals surface area contributed by atoms with Gasteiger partial charge in [-0.3, -0.25) is 4.79 Å². The van der Waals surface area contributed by atoms with Crippen molar-refractivity contribution < 1.29 is 4.79 Å². The van der Waals surface area contributed by atoms with Gasteiger partial charge in [-0.15, -0.1) is 0 Å². The summed E-state index contributed by atoms with van der Waals surface area (Å²) >= 11 is 6.26. The molecule has 3 rings (SSSR count). The fourth-order valence-electron chi connectivity index (χ4n) is 3.82. The van der Waals surface area contributed by atoms with Gasteiger partial charge < -0.3 is 0 Å². The van der Waals surface area contributed by atoms with E-state index in [4.69, 9.17) is 11.8 Å². The molecule has 1 aliphatic carbocycles. The van der Waals surface area contributed by atoms with E-state index < -0.39 is 6.04 Å². The van der Waals surface area contributed by atoms with Gasteiger partial charge in [-0.2, -0.15) is 0 Å². The van der Waals surface area contributed by atoms with E-state index in [1.165, 1.54) is 17.5 Å². The van der Waals surface area contributed by atoms with Gasteiger partial charge in [0, 0.05) is 5.41 Å². The Hall–Kier alpha value is -1.24. The van der Waals surface area contributed by atoms with Crippen LogP contribution in [-0.4, -0.2) is 5.52 Å². The Kier molecular flexibility index (Phi) is 5.32. The Balaban J connectivity index is 2.14. The van der Waals surface area contributed by atoms with Crippen LogP contribution in [-0.2, 0) is 16.6 Å². The van der Waals surface area contributed by atoms with Crippen LogP contribution in [0.4, 0.5) is 0 Å². The maximum absolute atomic E-state index is 13.9. The summed E-state index contributed by atoms with van der Waals surface area (Å²) in [6, 6.07) is 14.2. The minimum Gasteiger partial charge on any atom is -0.292 e. The van der Waals surface area contributed by atoms with Gasteiger partial charge >= 0.3 is 0 Å². The van der Waals surface area contributed by atoms with Crippen molar-refractivity contribution in [2.75, 3.05) is 0 Å². The van der Waals surface area contributed by atoms with Gasteiger partial charge in [-0.1, -0.05) is 97.7 Å². The maximum atomic E-state index is 13.9. The lowest BCUT2D eigenvalue weighted by atomic mass is 9.77. The van der Waals surface area contributed by atoms with Crippen LogP contribution in [0.5, 0.6) is 0 Å². The van der Waals surface area contributed by atoms with E-state index >= 15 is 0 Å². The van der Waals surface area contributed by atoms with Crippen molar-refractivity contribution in [2.45, 2.75) is 52.9 Å². The number of carbonyl (C=O) groups is 1. The van der Waals surface area contributed by atoms with Crippen molar-refractivity contribution in [3.63, 3.8) is 0 Å². The highest BCUT2D eigenvalue weighted by molar-refractivity contribution is 8.29. The molecular weight excluding hydrogens is 343 g/mol. The lowest BCUT2D eigenvalue weighted by molar-refractivity contribution is -0.120. The average Bonchev–Trinajstić information content (AvgIpc) is 2.62. The second-order valence-electron chi connectivity index (χ2n) is 7.71. The monoisotopic (exact) mass is 370 g/mol. The molecule has 0 amide bonds. The molecule has 0 saturated heterocycles. The van der Waals surface area contributed by atoms with Crippen molar-refractivity contribution in [3.05, 3.63) is 59.7 Å². The Labute approximate surface area is 156 Å². The summed E-state index contributed by atoms with van der Waals surface area (Å²) in [5.41, 5.74) is 2.43. The van der Waals surface area contributed by atoms with Crippen LogP contribution in [0.2, 0.25) is 0 Å². The summed E-state index contributed by atoms with van der Waals surface area (Å²) in [5, 5.41) is 2.07. The summed E-state index contributed by atoms with van der Waals surface area (Å²) in [4.78, 5) is 13.9. The molecule has 0 aromatic heterocycles. The standard InChI is InChI=1S/C22H27OPS/c1-17-7-11-19(12-8-17)24(25,20-13-9-18(2)10-14-20)21(23)22(3)15-5-4-6-16-22/h7-14H,4-6,15-16H2,1-3H3. The van der Waals surface area contributed by atoms with Gasteiger partial charge in [0.05, 0.1) is 6.04 Å². The van der Waals surface area contributed by atoms with Crippen LogP contribution in [0.1, 0.15) is 50.2 Å². The van der Waals surface area contributed by atoms with E-state index in [1.807, 2.05) is 0 Å². The molecule has 0 radical (unpaired) electrons. The van der Waals surface area contributed by atoms with Crippen LogP contribution < -0.4 is 10.6 Å². The zero-order chi connectivity index (χ0) is 18.1. The summed E-state index contributed by atoms with van der Waals surface area (Å²) in [5.74, 6) is 0. The quantitative estimate of drug-likeness (QED) is 0.686. The topological polar surface area (TPSA) is 17.1 Å². The molecule has 1 saturated carbocycles. The van der Waals surface area contributed by atoms with E-state index in [0.29, 0.717) is 5.52 Å². The second kappa shape index (κ2) is 7.17. The molecular formula is C22H27OPS. The van der Waals surface area contributed by atoms with Gasteiger partial charge in [-0.25, -0.2) is 0 Å². The third-order valence-electron chi connectivity index (χ3n) is 5.55. The van der Waals surface area contributed by atoms with Gasteiger partial charge in [0.15, 0.2) is 5.52 Å². The number of aryl methyl sites for hydroxylation is 2. The Morgan fingerprint density at radius 3 is 1.64 bits per heavy atom. The molecule has 3 heteroatoms. The zero-order valence-electron chi connectivity index (χ0n) is 15.4. The van der Waals surface area contributed by atoms with Crippen LogP contribution in [0.25, 0.3) is 0 Å². The highest BCUT2D eigenvalue weighted by Crippen LogP contribution is 2.54. The number of hydrogen-bond donors (Lipinski definition) is 0. The first-order valence-electron chi connectivity index (χ1n) is 9.16. The minimum absolute atomic E-state index is 0.274. The number of benzene rings is 2. The molecule has 2 aromatic carbocycles. The zero-order valence-corrected chi connectivity index (χ0v) is 17.1. The first-order valence-corrected chi connectivity index (χ1v) is 12.0. The molecule has 132 valence electrons. The lowest BCUT2D eigenvalue weighted by Crippen LogP contribution is -2.35. The van der Waals surface area contributed by atoms with E-state index in [-0.39, 0.29) is 5.41 Å². The summed E-state index contributed by atoms with van der Waals surface area (Å²) < 4.78 is 0. The molecule has 0 heterocycles. The molecule has 0 spiro atoms. The number of rotatable bonds is 4. The van der Waals surface area contributed by atoms with Crippen molar-refractivity contribution >= 4 is 34.0 Å². The van der Waals surface area contributed by atoms with Gasteiger partial charge in [0.2, 0.25) is 0 Å².